The molecule has 0 aliphatic rings. The van der Waals surface area contributed by atoms with Crippen molar-refractivity contribution in [2.75, 3.05) is 19.7 Å². The van der Waals surface area contributed by atoms with E-state index in [1.165, 1.54) is 0 Å². The third-order valence-corrected chi connectivity index (χ3v) is 2.12. The molecule has 0 bridgehead atoms. The summed E-state index contributed by atoms with van der Waals surface area (Å²) in [5.41, 5.74) is 0.260. The number of halogens is 2. The van der Waals surface area contributed by atoms with Gasteiger partial charge >= 0.3 is 0 Å². The molecule has 2 nitrogen and oxygen atoms in total. The van der Waals surface area contributed by atoms with Crippen molar-refractivity contribution in [3.8, 4) is 0 Å². The molecule has 0 saturated heterocycles. The maximum atomic E-state index is 13.1. The normalized spacial score (nSPS) is 10.7. The third kappa shape index (κ3) is 4.68. The smallest absolute Gasteiger partial charge is 0.128 e. The van der Waals surface area contributed by atoms with Crippen LogP contribution in [-0.2, 0) is 11.3 Å². The van der Waals surface area contributed by atoms with Gasteiger partial charge in [-0.15, -0.1) is 0 Å². The largest absolute Gasteiger partial charge is 0.375 e. The van der Waals surface area contributed by atoms with Gasteiger partial charge in [-0.05, 0) is 31.2 Å². The van der Waals surface area contributed by atoms with Crippen LogP contribution in [0.2, 0.25) is 0 Å². The van der Waals surface area contributed by atoms with Gasteiger partial charge in [-0.2, -0.15) is 0 Å². The topological polar surface area (TPSA) is 21.3 Å². The Hall–Kier alpha value is -1.00. The molecule has 0 aliphatic heterocycles. The Bertz CT molecular complexity index is 318. The first-order valence-corrected chi connectivity index (χ1v) is 5.46. The van der Waals surface area contributed by atoms with Gasteiger partial charge in [0.1, 0.15) is 11.6 Å². The second-order valence-corrected chi connectivity index (χ2v) is 3.54. The van der Waals surface area contributed by atoms with Crippen molar-refractivity contribution in [2.24, 2.45) is 0 Å². The average molecular weight is 229 g/mol. The molecule has 1 N–H and O–H groups in total. The van der Waals surface area contributed by atoms with Crippen LogP contribution in [0.3, 0.4) is 0 Å². The number of hydrogen-bond donors (Lipinski definition) is 1. The Labute approximate surface area is 94.6 Å². The number of ether oxygens (including phenoxy) is 1. The Morgan fingerprint density at radius 2 is 2.06 bits per heavy atom. The Balaban J connectivity index is 2.23. The molecule has 4 heteroatoms. The lowest BCUT2D eigenvalue weighted by Crippen LogP contribution is -2.20. The van der Waals surface area contributed by atoms with Crippen molar-refractivity contribution in [2.45, 2.75) is 20.0 Å². The maximum absolute atomic E-state index is 13.1. The van der Waals surface area contributed by atoms with E-state index in [2.05, 4.69) is 12.2 Å². The van der Waals surface area contributed by atoms with E-state index in [0.29, 0.717) is 6.61 Å². The highest BCUT2D eigenvalue weighted by Gasteiger charge is 2.03. The fourth-order valence-corrected chi connectivity index (χ4v) is 1.28. The summed E-state index contributed by atoms with van der Waals surface area (Å²) in [5.74, 6) is -0.868. The Kier molecular flexibility index (Phi) is 5.96. The van der Waals surface area contributed by atoms with Gasteiger partial charge in [0.05, 0.1) is 13.2 Å². The van der Waals surface area contributed by atoms with Gasteiger partial charge < -0.3 is 10.1 Å². The van der Waals surface area contributed by atoms with E-state index in [-0.39, 0.29) is 12.2 Å². The number of hydrogen-bond acceptors (Lipinski definition) is 2. The molecule has 0 heterocycles. The van der Waals surface area contributed by atoms with Crippen LogP contribution in [0, 0.1) is 11.6 Å². The summed E-state index contributed by atoms with van der Waals surface area (Å²) < 4.78 is 31.2. The van der Waals surface area contributed by atoms with E-state index in [0.717, 1.165) is 37.7 Å². The zero-order valence-corrected chi connectivity index (χ0v) is 9.43. The third-order valence-electron chi connectivity index (χ3n) is 2.12. The van der Waals surface area contributed by atoms with E-state index >= 15 is 0 Å². The van der Waals surface area contributed by atoms with Gasteiger partial charge in [-0.1, -0.05) is 6.92 Å². The first-order valence-electron chi connectivity index (χ1n) is 5.46. The molecule has 0 spiro atoms. The standard InChI is InChI=1S/C12H17F2NO/c1-2-5-15-6-7-16-9-10-8-11(13)3-4-12(10)14/h3-4,8,15H,2,5-7,9H2,1H3. The van der Waals surface area contributed by atoms with Gasteiger partial charge in [-0.3, -0.25) is 0 Å². The van der Waals surface area contributed by atoms with Crippen molar-refractivity contribution < 1.29 is 13.5 Å². The predicted molar refractivity (Wildman–Crippen MR) is 59.2 cm³/mol. The minimum absolute atomic E-state index is 0.109. The predicted octanol–water partition coefficient (Wildman–Crippen LogP) is 2.48. The Morgan fingerprint density at radius 3 is 2.81 bits per heavy atom. The number of nitrogens with one attached hydrogen (secondary N) is 1. The number of benzene rings is 1. The van der Waals surface area contributed by atoms with Crippen LogP contribution in [0.1, 0.15) is 18.9 Å². The van der Waals surface area contributed by atoms with Gasteiger partial charge in [-0.25, -0.2) is 8.78 Å². The SMILES string of the molecule is CCCNCCOCc1cc(F)ccc1F. The molecule has 0 aromatic heterocycles. The first-order chi connectivity index (χ1) is 7.74. The van der Waals surface area contributed by atoms with Crippen molar-refractivity contribution in [3.05, 3.63) is 35.4 Å². The quantitative estimate of drug-likeness (QED) is 0.725. The molecule has 0 unspecified atom stereocenters. The highest BCUT2D eigenvalue weighted by atomic mass is 19.1. The van der Waals surface area contributed by atoms with Crippen LogP contribution < -0.4 is 5.32 Å². The van der Waals surface area contributed by atoms with Crippen LogP contribution in [0.5, 0.6) is 0 Å². The highest BCUT2D eigenvalue weighted by molar-refractivity contribution is 5.17. The first kappa shape index (κ1) is 13.1. The molecule has 1 aromatic carbocycles. The second kappa shape index (κ2) is 7.30. The monoisotopic (exact) mass is 229 g/mol. The average Bonchev–Trinajstić information content (AvgIpc) is 2.28. The summed E-state index contributed by atoms with van der Waals surface area (Å²) in [6, 6.07) is 3.37. The molecule has 1 rings (SSSR count). The van der Waals surface area contributed by atoms with E-state index in [1.807, 2.05) is 0 Å². The van der Waals surface area contributed by atoms with E-state index < -0.39 is 11.6 Å². The molecule has 0 saturated carbocycles. The van der Waals surface area contributed by atoms with Gasteiger partial charge in [0.25, 0.3) is 0 Å². The van der Waals surface area contributed by atoms with E-state index in [1.54, 1.807) is 0 Å². The van der Waals surface area contributed by atoms with Gasteiger partial charge in [0.2, 0.25) is 0 Å². The number of rotatable bonds is 7. The van der Waals surface area contributed by atoms with Crippen molar-refractivity contribution >= 4 is 0 Å². The molecule has 0 amide bonds. The molecule has 1 aromatic rings. The fourth-order valence-electron chi connectivity index (χ4n) is 1.28. The van der Waals surface area contributed by atoms with Crippen LogP contribution >= 0.6 is 0 Å². The molecule has 0 atom stereocenters. The fraction of sp³-hybridized carbons (Fsp3) is 0.500. The Morgan fingerprint density at radius 1 is 1.25 bits per heavy atom. The molecular formula is C12H17F2NO. The van der Waals surface area contributed by atoms with Crippen LogP contribution in [0.4, 0.5) is 8.78 Å². The summed E-state index contributed by atoms with van der Waals surface area (Å²) in [4.78, 5) is 0. The van der Waals surface area contributed by atoms with Gasteiger partial charge in [0.15, 0.2) is 0 Å². The second-order valence-electron chi connectivity index (χ2n) is 3.54. The zero-order valence-electron chi connectivity index (χ0n) is 9.43. The van der Waals surface area contributed by atoms with Crippen molar-refractivity contribution in [1.29, 1.82) is 0 Å². The molecule has 16 heavy (non-hydrogen) atoms. The molecule has 90 valence electrons. The minimum Gasteiger partial charge on any atom is -0.375 e. The van der Waals surface area contributed by atoms with Crippen molar-refractivity contribution in [3.63, 3.8) is 0 Å². The lowest BCUT2D eigenvalue weighted by molar-refractivity contribution is 0.120. The van der Waals surface area contributed by atoms with E-state index in [9.17, 15) is 8.78 Å². The summed E-state index contributed by atoms with van der Waals surface area (Å²) in [6.45, 7) is 4.35. The molecular weight excluding hydrogens is 212 g/mol. The maximum Gasteiger partial charge on any atom is 0.128 e. The lowest BCUT2D eigenvalue weighted by Gasteiger charge is -2.06. The van der Waals surface area contributed by atoms with Crippen LogP contribution in [0.15, 0.2) is 18.2 Å². The lowest BCUT2D eigenvalue weighted by atomic mass is 10.2. The summed E-state index contributed by atoms with van der Waals surface area (Å²) >= 11 is 0. The summed E-state index contributed by atoms with van der Waals surface area (Å²) in [5, 5.41) is 3.15. The summed E-state index contributed by atoms with van der Waals surface area (Å²) in [6.07, 6.45) is 1.07. The molecule has 0 aliphatic carbocycles. The zero-order chi connectivity index (χ0) is 11.8. The molecule has 0 fully saturated rings. The molecule has 0 radical (unpaired) electrons. The van der Waals surface area contributed by atoms with Crippen LogP contribution in [0.25, 0.3) is 0 Å². The van der Waals surface area contributed by atoms with Crippen molar-refractivity contribution in [1.82, 2.24) is 5.32 Å². The highest BCUT2D eigenvalue weighted by Crippen LogP contribution is 2.10. The van der Waals surface area contributed by atoms with E-state index in [4.69, 9.17) is 4.74 Å². The van der Waals surface area contributed by atoms with Gasteiger partial charge in [0, 0.05) is 12.1 Å². The minimum atomic E-state index is -0.441. The summed E-state index contributed by atoms with van der Waals surface area (Å²) in [7, 11) is 0. The van der Waals surface area contributed by atoms with Crippen LogP contribution in [-0.4, -0.2) is 19.7 Å².